The molecule has 1 aromatic carbocycles. The van der Waals surface area contributed by atoms with E-state index in [2.05, 4.69) is 25.1 Å². The molecule has 1 aliphatic rings. The van der Waals surface area contributed by atoms with Crippen LogP contribution in [0.2, 0.25) is 0 Å². The van der Waals surface area contributed by atoms with E-state index in [1.807, 2.05) is 19.1 Å². The number of hydrogen-bond acceptors (Lipinski definition) is 3. The summed E-state index contributed by atoms with van der Waals surface area (Å²) in [7, 11) is 0. The van der Waals surface area contributed by atoms with Gasteiger partial charge in [-0.25, -0.2) is 0 Å². The van der Waals surface area contributed by atoms with Gasteiger partial charge in [-0.15, -0.1) is 0 Å². The maximum atomic E-state index is 5.81. The minimum Gasteiger partial charge on any atom is -0.465 e. The van der Waals surface area contributed by atoms with Crippen molar-refractivity contribution in [2.45, 2.75) is 45.3 Å². The van der Waals surface area contributed by atoms with Crippen molar-refractivity contribution in [2.75, 3.05) is 6.61 Å². The molecule has 2 atom stereocenters. The SMILES string of the molecule is C/C(N)=C\C(C)c1ccc(OC2CCCCO2)cc1. The van der Waals surface area contributed by atoms with E-state index in [0.29, 0.717) is 5.92 Å². The predicted octanol–water partition coefficient (Wildman–Crippen LogP) is 3.56. The van der Waals surface area contributed by atoms with E-state index in [0.717, 1.165) is 30.9 Å². The maximum Gasteiger partial charge on any atom is 0.199 e. The van der Waals surface area contributed by atoms with Crippen molar-refractivity contribution in [1.82, 2.24) is 0 Å². The molecule has 0 aliphatic carbocycles. The fraction of sp³-hybridized carbons (Fsp3) is 0.500. The second kappa shape index (κ2) is 6.62. The Bertz CT molecular complexity index is 415. The van der Waals surface area contributed by atoms with Crippen molar-refractivity contribution in [3.8, 4) is 5.75 Å². The van der Waals surface area contributed by atoms with E-state index < -0.39 is 0 Å². The first-order valence-corrected chi connectivity index (χ1v) is 6.97. The molecule has 3 nitrogen and oxygen atoms in total. The summed E-state index contributed by atoms with van der Waals surface area (Å²) in [5.41, 5.74) is 7.79. The van der Waals surface area contributed by atoms with Gasteiger partial charge in [0, 0.05) is 18.0 Å². The van der Waals surface area contributed by atoms with E-state index in [9.17, 15) is 0 Å². The molecule has 0 spiro atoms. The summed E-state index contributed by atoms with van der Waals surface area (Å²) in [4.78, 5) is 0. The summed E-state index contributed by atoms with van der Waals surface area (Å²) >= 11 is 0. The van der Waals surface area contributed by atoms with Crippen LogP contribution in [-0.2, 0) is 4.74 Å². The largest absolute Gasteiger partial charge is 0.465 e. The molecule has 1 fully saturated rings. The monoisotopic (exact) mass is 261 g/mol. The van der Waals surface area contributed by atoms with Crippen LogP contribution in [0.1, 0.15) is 44.6 Å². The summed E-state index contributed by atoms with van der Waals surface area (Å²) < 4.78 is 11.4. The highest BCUT2D eigenvalue weighted by Crippen LogP contribution is 2.23. The lowest BCUT2D eigenvalue weighted by molar-refractivity contribution is -0.105. The first kappa shape index (κ1) is 13.9. The van der Waals surface area contributed by atoms with Gasteiger partial charge < -0.3 is 15.2 Å². The van der Waals surface area contributed by atoms with E-state index >= 15 is 0 Å². The Morgan fingerprint density at radius 3 is 2.68 bits per heavy atom. The van der Waals surface area contributed by atoms with Crippen LogP contribution in [0, 0.1) is 0 Å². The highest BCUT2D eigenvalue weighted by Gasteiger charge is 2.15. The van der Waals surface area contributed by atoms with Crippen LogP contribution in [0.4, 0.5) is 0 Å². The second-order valence-corrected chi connectivity index (χ2v) is 5.18. The molecule has 0 bridgehead atoms. The average molecular weight is 261 g/mol. The molecule has 19 heavy (non-hydrogen) atoms. The van der Waals surface area contributed by atoms with Crippen molar-refractivity contribution in [1.29, 1.82) is 0 Å². The third-order valence-electron chi connectivity index (χ3n) is 3.32. The molecule has 0 amide bonds. The minimum atomic E-state index is -0.0804. The van der Waals surface area contributed by atoms with Gasteiger partial charge >= 0.3 is 0 Å². The number of hydrogen-bond donors (Lipinski definition) is 1. The first-order valence-electron chi connectivity index (χ1n) is 6.97. The molecule has 2 unspecified atom stereocenters. The fourth-order valence-electron chi connectivity index (χ4n) is 2.30. The molecule has 0 radical (unpaired) electrons. The smallest absolute Gasteiger partial charge is 0.199 e. The third-order valence-corrected chi connectivity index (χ3v) is 3.32. The van der Waals surface area contributed by atoms with Crippen LogP contribution in [0.3, 0.4) is 0 Å². The molecule has 1 heterocycles. The van der Waals surface area contributed by atoms with Crippen molar-refractivity contribution < 1.29 is 9.47 Å². The first-order chi connectivity index (χ1) is 9.15. The van der Waals surface area contributed by atoms with Gasteiger partial charge in [-0.05, 0) is 37.5 Å². The molecule has 0 saturated carbocycles. The van der Waals surface area contributed by atoms with Gasteiger partial charge in [-0.2, -0.15) is 0 Å². The lowest BCUT2D eigenvalue weighted by Gasteiger charge is -2.23. The summed E-state index contributed by atoms with van der Waals surface area (Å²) in [6.07, 6.45) is 5.28. The third kappa shape index (κ3) is 4.28. The van der Waals surface area contributed by atoms with Crippen LogP contribution in [-0.4, -0.2) is 12.9 Å². The second-order valence-electron chi connectivity index (χ2n) is 5.18. The number of benzene rings is 1. The molecule has 104 valence electrons. The number of ether oxygens (including phenoxy) is 2. The molecular weight excluding hydrogens is 238 g/mol. The summed E-state index contributed by atoms with van der Waals surface area (Å²) in [5, 5.41) is 0. The lowest BCUT2D eigenvalue weighted by atomic mass is 10.0. The standard InChI is InChI=1S/C16H23NO2/c1-12(11-13(2)17)14-6-8-15(9-7-14)19-16-5-3-4-10-18-16/h6-9,11-12,16H,3-5,10,17H2,1-2H3/b13-11+. The quantitative estimate of drug-likeness (QED) is 0.901. The van der Waals surface area contributed by atoms with Crippen LogP contribution in [0.5, 0.6) is 5.75 Å². The molecule has 1 aromatic rings. The van der Waals surface area contributed by atoms with Gasteiger partial charge in [0.15, 0.2) is 6.29 Å². The van der Waals surface area contributed by atoms with Gasteiger partial charge in [-0.3, -0.25) is 0 Å². The number of nitrogens with two attached hydrogens (primary N) is 1. The Balaban J connectivity index is 1.95. The van der Waals surface area contributed by atoms with Crippen molar-refractivity contribution >= 4 is 0 Å². The van der Waals surface area contributed by atoms with Gasteiger partial charge in [-0.1, -0.05) is 25.1 Å². The highest BCUT2D eigenvalue weighted by molar-refractivity contribution is 5.31. The minimum absolute atomic E-state index is 0.0804. The Morgan fingerprint density at radius 2 is 2.11 bits per heavy atom. The molecular formula is C16H23NO2. The highest BCUT2D eigenvalue weighted by atomic mass is 16.7. The molecule has 2 N–H and O–H groups in total. The Kier molecular flexibility index (Phi) is 4.86. The Hall–Kier alpha value is -1.48. The van der Waals surface area contributed by atoms with E-state index in [4.69, 9.17) is 15.2 Å². The van der Waals surface area contributed by atoms with Crippen molar-refractivity contribution in [2.24, 2.45) is 5.73 Å². The molecule has 3 heteroatoms. The van der Waals surface area contributed by atoms with Crippen LogP contribution < -0.4 is 10.5 Å². The fourth-order valence-corrected chi connectivity index (χ4v) is 2.30. The average Bonchev–Trinajstić information content (AvgIpc) is 2.40. The molecule has 2 rings (SSSR count). The Morgan fingerprint density at radius 1 is 1.37 bits per heavy atom. The predicted molar refractivity (Wildman–Crippen MR) is 77.0 cm³/mol. The molecule has 0 aromatic heterocycles. The topological polar surface area (TPSA) is 44.5 Å². The normalized spacial score (nSPS) is 22.0. The molecule has 1 aliphatic heterocycles. The molecule has 1 saturated heterocycles. The van der Waals surface area contributed by atoms with Crippen molar-refractivity contribution in [3.05, 3.63) is 41.6 Å². The zero-order valence-electron chi connectivity index (χ0n) is 11.8. The maximum absolute atomic E-state index is 5.81. The summed E-state index contributed by atoms with van der Waals surface area (Å²) in [6.45, 7) is 4.85. The van der Waals surface area contributed by atoms with Gasteiger partial charge in [0.05, 0.1) is 6.61 Å². The van der Waals surface area contributed by atoms with Crippen LogP contribution in [0.15, 0.2) is 36.0 Å². The lowest BCUT2D eigenvalue weighted by Crippen LogP contribution is -2.24. The van der Waals surface area contributed by atoms with Gasteiger partial charge in [0.1, 0.15) is 5.75 Å². The van der Waals surface area contributed by atoms with E-state index in [-0.39, 0.29) is 6.29 Å². The number of rotatable bonds is 4. The zero-order valence-corrected chi connectivity index (χ0v) is 11.8. The van der Waals surface area contributed by atoms with E-state index in [1.54, 1.807) is 0 Å². The number of allylic oxidation sites excluding steroid dienone is 2. The van der Waals surface area contributed by atoms with Crippen molar-refractivity contribution in [3.63, 3.8) is 0 Å². The Labute approximate surface area is 115 Å². The van der Waals surface area contributed by atoms with Crippen LogP contribution in [0.25, 0.3) is 0 Å². The van der Waals surface area contributed by atoms with Gasteiger partial charge in [0.2, 0.25) is 0 Å². The summed E-state index contributed by atoms with van der Waals surface area (Å²) in [6, 6.07) is 8.18. The zero-order chi connectivity index (χ0) is 13.7. The van der Waals surface area contributed by atoms with Gasteiger partial charge in [0.25, 0.3) is 0 Å². The summed E-state index contributed by atoms with van der Waals surface area (Å²) in [5.74, 6) is 1.20. The van der Waals surface area contributed by atoms with E-state index in [1.165, 1.54) is 12.0 Å². The van der Waals surface area contributed by atoms with Crippen LogP contribution >= 0.6 is 0 Å².